The van der Waals surface area contributed by atoms with Crippen molar-refractivity contribution in [1.29, 1.82) is 0 Å². The lowest BCUT2D eigenvalue weighted by atomic mass is 10.0. The van der Waals surface area contributed by atoms with Gasteiger partial charge in [-0.05, 0) is 85.8 Å². The number of rotatable bonds is 11. The first kappa shape index (κ1) is 36.9. The van der Waals surface area contributed by atoms with E-state index in [0.29, 0.717) is 29.5 Å². The van der Waals surface area contributed by atoms with Gasteiger partial charge in [-0.3, -0.25) is 9.59 Å². The number of hydrogen-bond acceptors (Lipinski definition) is 8. The van der Waals surface area contributed by atoms with Gasteiger partial charge in [0.15, 0.2) is 11.5 Å². The lowest BCUT2D eigenvalue weighted by Crippen LogP contribution is -2.33. The maximum Gasteiger partial charge on any atom is 0.490 e. The predicted octanol–water partition coefficient (Wildman–Crippen LogP) is 6.09. The van der Waals surface area contributed by atoms with Crippen LogP contribution in [0, 0.1) is 0 Å². The van der Waals surface area contributed by atoms with Crippen molar-refractivity contribution in [2.75, 3.05) is 29.6 Å². The lowest BCUT2D eigenvalue weighted by molar-refractivity contribution is -0.192. The van der Waals surface area contributed by atoms with Crippen LogP contribution in [0.2, 0.25) is 0 Å². The molecule has 0 aliphatic carbocycles. The van der Waals surface area contributed by atoms with Crippen LogP contribution in [0.4, 0.5) is 30.4 Å². The maximum absolute atomic E-state index is 13.8. The van der Waals surface area contributed by atoms with Crippen LogP contribution >= 0.6 is 0 Å². The lowest BCUT2D eigenvalue weighted by Gasteiger charge is -2.23. The third-order valence-electron chi connectivity index (χ3n) is 6.81. The number of hydrogen-bond donors (Lipinski definition) is 4. The van der Waals surface area contributed by atoms with Crippen LogP contribution in [0.3, 0.4) is 0 Å². The van der Waals surface area contributed by atoms with Crippen molar-refractivity contribution in [3.63, 3.8) is 0 Å². The van der Waals surface area contributed by atoms with Gasteiger partial charge in [0.05, 0.1) is 12.7 Å². The molecule has 11 nitrogen and oxygen atoms in total. The Bertz CT molecular complexity index is 1750. The third-order valence-corrected chi connectivity index (χ3v) is 6.81. The van der Waals surface area contributed by atoms with Crippen molar-refractivity contribution in [2.45, 2.75) is 52.6 Å². The molecule has 2 amide bonds. The van der Waals surface area contributed by atoms with E-state index in [9.17, 15) is 22.8 Å². The van der Waals surface area contributed by atoms with E-state index in [1.165, 1.54) is 6.92 Å². The van der Waals surface area contributed by atoms with Crippen LogP contribution in [0.5, 0.6) is 11.5 Å². The van der Waals surface area contributed by atoms with Crippen molar-refractivity contribution in [2.24, 2.45) is 0 Å². The molecule has 0 aliphatic heterocycles. The van der Waals surface area contributed by atoms with E-state index >= 15 is 0 Å². The van der Waals surface area contributed by atoms with Crippen LogP contribution < -0.4 is 30.7 Å². The standard InChI is InChI=1S/C32H37N5O4.C2HF3O2/c1-6-40-29-18-24(10-13-28(29)41-20(2)3)30(36-25-11-12-27-23(17-25)14-15-34-31(27)33)32(39)35-19-22-8-7-9-26(16-22)37(5)21(4)38;3-2(4,5)1(6)7/h7-18,20,30,36H,6,19H2,1-5H3,(H2,33,34)(H,35,39);(H,6,7)/t30-;/m1./s1. The molecule has 48 heavy (non-hydrogen) atoms. The van der Waals surface area contributed by atoms with E-state index < -0.39 is 18.2 Å². The smallest absolute Gasteiger partial charge is 0.490 e. The van der Waals surface area contributed by atoms with Crippen molar-refractivity contribution >= 4 is 45.7 Å². The van der Waals surface area contributed by atoms with Crippen molar-refractivity contribution in [3.8, 4) is 11.5 Å². The Morgan fingerprint density at radius 3 is 2.35 bits per heavy atom. The van der Waals surface area contributed by atoms with Crippen molar-refractivity contribution < 1.29 is 42.1 Å². The number of carbonyl (C=O) groups excluding carboxylic acids is 2. The maximum atomic E-state index is 13.8. The Hall–Kier alpha value is -5.53. The number of carboxylic acids is 1. The molecule has 0 saturated carbocycles. The SMILES string of the molecule is CCOc1cc([C@@H](Nc2ccc3c(N)nccc3c2)C(=O)NCc2cccc(N(C)C(C)=O)c2)ccc1OC(C)C.O=C(O)C(F)(F)F. The van der Waals surface area contributed by atoms with Gasteiger partial charge in [0.1, 0.15) is 11.9 Å². The number of nitrogens with two attached hydrogens (primary N) is 1. The number of anilines is 3. The average Bonchev–Trinajstić information content (AvgIpc) is 3.03. The number of nitrogens with one attached hydrogen (secondary N) is 2. The zero-order valence-electron chi connectivity index (χ0n) is 27.1. The second kappa shape index (κ2) is 16.3. The van der Waals surface area contributed by atoms with Gasteiger partial charge in [-0.2, -0.15) is 13.2 Å². The minimum atomic E-state index is -5.08. The molecule has 1 atom stereocenters. The summed E-state index contributed by atoms with van der Waals surface area (Å²) < 4.78 is 43.5. The minimum absolute atomic E-state index is 0.0328. The molecule has 14 heteroatoms. The van der Waals surface area contributed by atoms with Gasteiger partial charge in [-0.1, -0.05) is 18.2 Å². The summed E-state index contributed by atoms with van der Waals surface area (Å²) in [5.41, 5.74) is 9.12. The second-order valence-corrected chi connectivity index (χ2v) is 10.8. The monoisotopic (exact) mass is 669 g/mol. The Kier molecular flexibility index (Phi) is 12.6. The van der Waals surface area contributed by atoms with E-state index in [-0.39, 0.29) is 24.5 Å². The number of amides is 2. The molecule has 0 spiro atoms. The topological polar surface area (TPSA) is 156 Å². The fourth-order valence-corrected chi connectivity index (χ4v) is 4.43. The minimum Gasteiger partial charge on any atom is -0.490 e. The number of alkyl halides is 3. The third kappa shape index (κ3) is 10.2. The number of benzene rings is 3. The molecule has 3 aromatic carbocycles. The van der Waals surface area contributed by atoms with Crippen molar-refractivity contribution in [1.82, 2.24) is 10.3 Å². The molecule has 0 unspecified atom stereocenters. The summed E-state index contributed by atoms with van der Waals surface area (Å²) in [5.74, 6) is -1.43. The number of nitrogens with zero attached hydrogens (tertiary/aromatic N) is 2. The molecule has 0 fully saturated rings. The number of aromatic nitrogens is 1. The first-order valence-corrected chi connectivity index (χ1v) is 14.9. The molecule has 0 aliphatic rings. The van der Waals surface area contributed by atoms with Crippen LogP contribution in [-0.2, 0) is 20.9 Å². The zero-order valence-corrected chi connectivity index (χ0v) is 27.1. The molecule has 1 heterocycles. The largest absolute Gasteiger partial charge is 0.490 e. The molecule has 5 N–H and O–H groups in total. The number of ether oxygens (including phenoxy) is 2. The Balaban J connectivity index is 0.000000804. The van der Waals surface area contributed by atoms with E-state index in [4.69, 9.17) is 25.1 Å². The van der Waals surface area contributed by atoms with Gasteiger partial charge >= 0.3 is 12.1 Å². The van der Waals surface area contributed by atoms with Crippen LogP contribution in [0.1, 0.15) is 44.9 Å². The second-order valence-electron chi connectivity index (χ2n) is 10.8. The van der Waals surface area contributed by atoms with Gasteiger partial charge in [0, 0.05) is 43.5 Å². The molecule has 256 valence electrons. The fraction of sp³-hybridized carbons (Fsp3) is 0.294. The molecule has 0 bridgehead atoms. The molecule has 1 aromatic heterocycles. The van der Waals surface area contributed by atoms with Gasteiger partial charge in [0.25, 0.3) is 0 Å². The van der Waals surface area contributed by atoms with Gasteiger partial charge in [0.2, 0.25) is 11.8 Å². The van der Waals surface area contributed by atoms with E-state index in [1.54, 1.807) is 18.1 Å². The van der Waals surface area contributed by atoms with Gasteiger partial charge in [-0.15, -0.1) is 0 Å². The number of aliphatic carboxylic acids is 1. The van der Waals surface area contributed by atoms with Gasteiger partial charge < -0.3 is 35.8 Å². The van der Waals surface area contributed by atoms with E-state index in [1.807, 2.05) is 87.5 Å². The molecular formula is C34H38F3N5O6. The summed E-state index contributed by atoms with van der Waals surface area (Å²) in [4.78, 5) is 40.2. The predicted molar refractivity (Wildman–Crippen MR) is 177 cm³/mol. The Morgan fingerprint density at radius 1 is 1.02 bits per heavy atom. The number of carboxylic acid groups (broad SMARTS) is 1. The number of fused-ring (bicyclic) bond motifs is 1. The molecule has 0 radical (unpaired) electrons. The highest BCUT2D eigenvalue weighted by Crippen LogP contribution is 2.33. The summed E-state index contributed by atoms with van der Waals surface area (Å²) in [7, 11) is 1.72. The number of carbonyl (C=O) groups is 3. The van der Waals surface area contributed by atoms with Gasteiger partial charge in [-0.25, -0.2) is 9.78 Å². The summed E-state index contributed by atoms with van der Waals surface area (Å²) in [5, 5.41) is 15.3. The Labute approximate surface area is 275 Å². The van der Waals surface area contributed by atoms with E-state index in [2.05, 4.69) is 15.6 Å². The van der Waals surface area contributed by atoms with E-state index in [0.717, 1.165) is 27.7 Å². The first-order chi connectivity index (χ1) is 22.6. The average molecular weight is 670 g/mol. The molecule has 4 rings (SSSR count). The zero-order chi connectivity index (χ0) is 35.6. The highest BCUT2D eigenvalue weighted by molar-refractivity contribution is 5.94. The van der Waals surface area contributed by atoms with Crippen LogP contribution in [0.25, 0.3) is 10.8 Å². The number of nitrogen functional groups attached to an aromatic ring is 1. The van der Waals surface area contributed by atoms with Crippen molar-refractivity contribution in [3.05, 3.63) is 84.1 Å². The summed E-state index contributed by atoms with van der Waals surface area (Å²) in [6.07, 6.45) is -3.46. The summed E-state index contributed by atoms with van der Waals surface area (Å²) in [6, 6.07) is 19.9. The Morgan fingerprint density at radius 2 is 1.73 bits per heavy atom. The fourth-order valence-electron chi connectivity index (χ4n) is 4.43. The molecular weight excluding hydrogens is 631 g/mol. The normalized spacial score (nSPS) is 11.6. The first-order valence-electron chi connectivity index (χ1n) is 14.9. The van der Waals surface area contributed by atoms with Crippen LogP contribution in [0.15, 0.2) is 72.9 Å². The van der Waals surface area contributed by atoms with Crippen LogP contribution in [-0.4, -0.2) is 53.8 Å². The summed E-state index contributed by atoms with van der Waals surface area (Å²) >= 11 is 0. The quantitative estimate of drug-likeness (QED) is 0.148. The molecule has 0 saturated heterocycles. The summed E-state index contributed by atoms with van der Waals surface area (Å²) in [6.45, 7) is 8.05. The number of halogens is 3. The highest BCUT2D eigenvalue weighted by atomic mass is 19.4. The number of pyridine rings is 1. The molecule has 4 aromatic rings. The highest BCUT2D eigenvalue weighted by Gasteiger charge is 2.38.